The van der Waals surface area contributed by atoms with Gasteiger partial charge in [0.25, 0.3) is 0 Å². The zero-order valence-corrected chi connectivity index (χ0v) is 12.2. The molecule has 0 atom stereocenters. The molecule has 0 radical (unpaired) electrons. The summed E-state index contributed by atoms with van der Waals surface area (Å²) in [5.41, 5.74) is 2.30. The number of pyridine rings is 1. The molecule has 0 fully saturated rings. The van der Waals surface area contributed by atoms with Crippen LogP contribution < -0.4 is 0 Å². The van der Waals surface area contributed by atoms with Crippen molar-refractivity contribution in [3.8, 4) is 0 Å². The number of fused-ring (bicyclic) bond motifs is 1. The molecule has 0 amide bonds. The minimum absolute atomic E-state index is 0.197. The number of carboxylic acid groups (broad SMARTS) is 1. The monoisotopic (exact) mass is 299 g/mol. The molecule has 6 heteroatoms. The summed E-state index contributed by atoms with van der Waals surface area (Å²) in [4.78, 5) is 14.9. The topological polar surface area (TPSA) is 68.0 Å². The third-order valence-electron chi connectivity index (χ3n) is 3.17. The van der Waals surface area contributed by atoms with Crippen molar-refractivity contribution < 1.29 is 9.90 Å². The van der Waals surface area contributed by atoms with Crippen LogP contribution in [0.3, 0.4) is 0 Å². The molecule has 0 aliphatic carbocycles. The maximum absolute atomic E-state index is 10.8. The molecule has 106 valence electrons. The highest BCUT2D eigenvalue weighted by atomic mass is 32.2. The number of aromatic nitrogens is 3. The van der Waals surface area contributed by atoms with Gasteiger partial charge in [-0.15, -0.1) is 0 Å². The number of thioether (sulfide) groups is 1. The third-order valence-corrected chi connectivity index (χ3v) is 4.13. The Morgan fingerprint density at radius 2 is 2.10 bits per heavy atom. The van der Waals surface area contributed by atoms with Gasteiger partial charge in [-0.25, -0.2) is 9.78 Å². The summed E-state index contributed by atoms with van der Waals surface area (Å²) in [6.07, 6.45) is 1.38. The Morgan fingerprint density at radius 1 is 1.29 bits per heavy atom. The highest BCUT2D eigenvalue weighted by Crippen LogP contribution is 2.25. The summed E-state index contributed by atoms with van der Waals surface area (Å²) in [6, 6.07) is 11.4. The first-order chi connectivity index (χ1) is 10.1. The smallest absolute Gasteiger partial charge is 0.337 e. The van der Waals surface area contributed by atoms with Gasteiger partial charge in [-0.3, -0.25) is 4.68 Å². The molecule has 1 aromatic carbocycles. The molecule has 2 aromatic heterocycles. The first kappa shape index (κ1) is 13.6. The quantitative estimate of drug-likeness (QED) is 0.750. The lowest BCUT2D eigenvalue weighted by Gasteiger charge is -2.00. The van der Waals surface area contributed by atoms with Crippen molar-refractivity contribution >= 4 is 28.6 Å². The minimum atomic E-state index is -0.963. The second-order valence-corrected chi connectivity index (χ2v) is 5.56. The number of rotatable bonds is 4. The Hall–Kier alpha value is -2.34. The van der Waals surface area contributed by atoms with E-state index in [0.717, 1.165) is 21.6 Å². The van der Waals surface area contributed by atoms with Crippen molar-refractivity contribution in [1.29, 1.82) is 0 Å². The van der Waals surface area contributed by atoms with Crippen LogP contribution >= 0.6 is 11.8 Å². The largest absolute Gasteiger partial charge is 0.478 e. The third kappa shape index (κ3) is 2.75. The number of carbonyl (C=O) groups is 1. The highest BCUT2D eigenvalue weighted by molar-refractivity contribution is 7.98. The zero-order valence-electron chi connectivity index (χ0n) is 11.4. The summed E-state index contributed by atoms with van der Waals surface area (Å²) >= 11 is 1.54. The minimum Gasteiger partial charge on any atom is -0.478 e. The lowest BCUT2D eigenvalue weighted by Crippen LogP contribution is -1.96. The number of carboxylic acids is 1. The molecule has 0 saturated carbocycles. The van der Waals surface area contributed by atoms with Crippen molar-refractivity contribution in [1.82, 2.24) is 14.8 Å². The van der Waals surface area contributed by atoms with Crippen LogP contribution in [0.1, 0.15) is 16.1 Å². The molecule has 1 N–H and O–H groups in total. The molecule has 2 heterocycles. The summed E-state index contributed by atoms with van der Waals surface area (Å²) in [6.45, 7) is 0. The fraction of sp³-hybridized carbons (Fsp3) is 0.133. The number of hydrogen-bond donors (Lipinski definition) is 1. The number of aromatic carboxylic acids is 1. The van der Waals surface area contributed by atoms with Crippen LogP contribution in [0.15, 0.2) is 47.6 Å². The van der Waals surface area contributed by atoms with Crippen LogP contribution in [0.5, 0.6) is 0 Å². The Labute approximate surface area is 125 Å². The van der Waals surface area contributed by atoms with Gasteiger partial charge in [-0.1, -0.05) is 30.0 Å². The van der Waals surface area contributed by atoms with E-state index < -0.39 is 5.97 Å². The van der Waals surface area contributed by atoms with Crippen molar-refractivity contribution in [2.75, 3.05) is 0 Å². The van der Waals surface area contributed by atoms with E-state index in [0.29, 0.717) is 5.75 Å². The van der Waals surface area contributed by atoms with Crippen molar-refractivity contribution in [3.63, 3.8) is 0 Å². The van der Waals surface area contributed by atoms with Gasteiger partial charge in [-0.2, -0.15) is 5.10 Å². The standard InChI is InChI=1S/C15H13N3O2S/c1-18-13-5-3-2-4-11(13)12(17-18)9-21-14-7-6-10(8-16-14)15(19)20/h2-8H,9H2,1H3,(H,19,20). The first-order valence-corrected chi connectivity index (χ1v) is 7.36. The molecule has 3 rings (SSSR count). The van der Waals surface area contributed by atoms with Crippen molar-refractivity contribution in [2.24, 2.45) is 7.05 Å². The van der Waals surface area contributed by atoms with Gasteiger partial charge in [-0.05, 0) is 18.2 Å². The molecular weight excluding hydrogens is 286 g/mol. The fourth-order valence-electron chi connectivity index (χ4n) is 2.13. The van der Waals surface area contributed by atoms with Crippen LogP contribution in [-0.2, 0) is 12.8 Å². The summed E-state index contributed by atoms with van der Waals surface area (Å²) in [5.74, 6) is -0.268. The average molecular weight is 299 g/mol. The van der Waals surface area contributed by atoms with Gasteiger partial charge in [0.2, 0.25) is 0 Å². The zero-order chi connectivity index (χ0) is 14.8. The summed E-state index contributed by atoms with van der Waals surface area (Å²) in [7, 11) is 1.93. The highest BCUT2D eigenvalue weighted by Gasteiger charge is 2.09. The molecule has 0 spiro atoms. The van der Waals surface area contributed by atoms with Crippen molar-refractivity contribution in [3.05, 3.63) is 53.9 Å². The van der Waals surface area contributed by atoms with Crippen LogP contribution in [0, 0.1) is 0 Å². The lowest BCUT2D eigenvalue weighted by atomic mass is 10.2. The second kappa shape index (κ2) is 5.57. The van der Waals surface area contributed by atoms with Crippen LogP contribution in [0.2, 0.25) is 0 Å². The molecule has 0 saturated heterocycles. The average Bonchev–Trinajstić information content (AvgIpc) is 2.83. The van der Waals surface area contributed by atoms with Gasteiger partial charge >= 0.3 is 5.97 Å². The number of nitrogens with zero attached hydrogens (tertiary/aromatic N) is 3. The number of aryl methyl sites for hydroxylation is 1. The SMILES string of the molecule is Cn1nc(CSc2ccc(C(=O)O)cn2)c2ccccc21. The van der Waals surface area contributed by atoms with E-state index in [4.69, 9.17) is 5.11 Å². The van der Waals surface area contributed by atoms with E-state index in [1.54, 1.807) is 23.9 Å². The first-order valence-electron chi connectivity index (χ1n) is 6.38. The maximum atomic E-state index is 10.8. The van der Waals surface area contributed by atoms with Gasteiger partial charge in [0.15, 0.2) is 0 Å². The van der Waals surface area contributed by atoms with Gasteiger partial charge < -0.3 is 5.11 Å². The molecule has 0 bridgehead atoms. The summed E-state index contributed by atoms with van der Waals surface area (Å²) in [5, 5.41) is 15.3. The molecule has 0 aliphatic rings. The van der Waals surface area contributed by atoms with Gasteiger partial charge in [0.1, 0.15) is 0 Å². The van der Waals surface area contributed by atoms with Crippen LogP contribution in [0.4, 0.5) is 0 Å². The number of para-hydroxylation sites is 1. The predicted molar refractivity (Wildman–Crippen MR) is 81.5 cm³/mol. The molecule has 0 aliphatic heterocycles. The lowest BCUT2D eigenvalue weighted by molar-refractivity contribution is 0.0696. The Balaban J connectivity index is 1.79. The van der Waals surface area contributed by atoms with E-state index in [-0.39, 0.29) is 5.56 Å². The Morgan fingerprint density at radius 3 is 2.81 bits per heavy atom. The molecular formula is C15H13N3O2S. The van der Waals surface area contributed by atoms with Gasteiger partial charge in [0, 0.05) is 24.4 Å². The van der Waals surface area contributed by atoms with E-state index in [2.05, 4.69) is 16.1 Å². The second-order valence-electron chi connectivity index (χ2n) is 4.57. The predicted octanol–water partition coefficient (Wildman–Crippen LogP) is 2.96. The van der Waals surface area contributed by atoms with Crippen LogP contribution in [-0.4, -0.2) is 25.8 Å². The fourth-order valence-corrected chi connectivity index (χ4v) is 2.92. The molecule has 3 aromatic rings. The molecule has 5 nitrogen and oxygen atoms in total. The van der Waals surface area contributed by atoms with E-state index in [1.807, 2.05) is 29.9 Å². The summed E-state index contributed by atoms with van der Waals surface area (Å²) < 4.78 is 1.87. The van der Waals surface area contributed by atoms with Crippen molar-refractivity contribution in [2.45, 2.75) is 10.8 Å². The molecule has 0 unspecified atom stereocenters. The van der Waals surface area contributed by atoms with Crippen LogP contribution in [0.25, 0.3) is 10.9 Å². The Kier molecular flexibility index (Phi) is 3.62. The van der Waals surface area contributed by atoms with E-state index in [9.17, 15) is 4.79 Å². The normalized spacial score (nSPS) is 10.9. The van der Waals surface area contributed by atoms with E-state index >= 15 is 0 Å². The molecule has 21 heavy (non-hydrogen) atoms. The Bertz CT molecular complexity index is 796. The van der Waals surface area contributed by atoms with E-state index in [1.165, 1.54) is 6.20 Å². The maximum Gasteiger partial charge on any atom is 0.337 e. The number of benzene rings is 1. The number of hydrogen-bond acceptors (Lipinski definition) is 4. The van der Waals surface area contributed by atoms with Gasteiger partial charge in [0.05, 0.1) is 21.8 Å².